The summed E-state index contributed by atoms with van der Waals surface area (Å²) in [5, 5.41) is 38.3. The fourth-order valence-electron chi connectivity index (χ4n) is 12.6. The van der Waals surface area contributed by atoms with Crippen molar-refractivity contribution < 1.29 is 72.2 Å². The third-order valence-corrected chi connectivity index (χ3v) is 20.9. The van der Waals surface area contributed by atoms with Crippen LogP contribution in [0.5, 0.6) is 5.75 Å². The first-order chi connectivity index (χ1) is 49.8. The number of nitrogens with two attached hydrogens (primary N) is 3. The Morgan fingerprint density at radius 2 is 1.19 bits per heavy atom. The first kappa shape index (κ1) is 84.4. The van der Waals surface area contributed by atoms with Crippen LogP contribution in [0.3, 0.4) is 0 Å². The lowest BCUT2D eigenvalue weighted by molar-refractivity contribution is -0.143. The van der Waals surface area contributed by atoms with E-state index >= 15 is 4.79 Å². The molecular formula is C72H109N15O15S2. The number of primary amides is 1. The van der Waals surface area contributed by atoms with Crippen molar-refractivity contribution in [3.63, 3.8) is 0 Å². The predicted molar refractivity (Wildman–Crippen MR) is 396 cm³/mol. The highest BCUT2D eigenvalue weighted by molar-refractivity contribution is 7.98. The summed E-state index contributed by atoms with van der Waals surface area (Å²) in [5.41, 5.74) is 20.5. The largest absolute Gasteiger partial charge is 0.494 e. The molecule has 3 aliphatic heterocycles. The van der Waals surface area contributed by atoms with Gasteiger partial charge in [0.15, 0.2) is 0 Å². The Bertz CT molecular complexity index is 3430. The summed E-state index contributed by atoms with van der Waals surface area (Å²) in [6, 6.07) is -0.833. The van der Waals surface area contributed by atoms with Crippen molar-refractivity contribution in [1.29, 1.82) is 0 Å². The summed E-state index contributed by atoms with van der Waals surface area (Å²) in [6.45, 7) is 9.10. The molecule has 4 bridgehead atoms. The number of carbonyl (C=O) groups excluding carboxylic acids is 12. The van der Waals surface area contributed by atoms with Crippen molar-refractivity contribution in [1.82, 2.24) is 63.1 Å². The van der Waals surface area contributed by atoms with Gasteiger partial charge in [-0.15, -0.1) is 0 Å². The van der Waals surface area contributed by atoms with E-state index in [9.17, 15) is 62.6 Å². The van der Waals surface area contributed by atoms with Gasteiger partial charge in [0.25, 0.3) is 0 Å². The predicted octanol–water partition coefficient (Wildman–Crippen LogP) is 1.81. The fraction of sp³-hybridized carbons (Fsp3) is 0.625. The van der Waals surface area contributed by atoms with E-state index in [4.69, 9.17) is 21.9 Å². The summed E-state index contributed by atoms with van der Waals surface area (Å²) in [7, 11) is 0. The van der Waals surface area contributed by atoms with Gasteiger partial charge in [-0.1, -0.05) is 91.0 Å². The average Bonchev–Trinajstić information content (AvgIpc) is 1.65. The van der Waals surface area contributed by atoms with Gasteiger partial charge in [-0.2, -0.15) is 23.5 Å². The third-order valence-electron chi connectivity index (χ3n) is 18.7. The number of aromatic nitrogens is 1. The Hall–Kier alpha value is -8.49. The molecule has 32 heteroatoms. The average molecular weight is 1490 g/mol. The topological polar surface area (TPSA) is 469 Å². The fourth-order valence-corrected chi connectivity index (χ4v) is 14.5. The number of rotatable bonds is 19. The van der Waals surface area contributed by atoms with Crippen LogP contribution in [-0.4, -0.2) is 197 Å². The van der Waals surface area contributed by atoms with E-state index in [0.717, 1.165) is 17.5 Å². The molecule has 3 aliphatic rings. The van der Waals surface area contributed by atoms with E-state index in [0.29, 0.717) is 99.6 Å². The number of hydrogen-bond donors (Lipinski definition) is 15. The molecule has 1 saturated heterocycles. The number of thioether (sulfide) groups is 2. The number of unbranched alkanes of at least 4 members (excludes halogenated alkanes) is 3. The van der Waals surface area contributed by atoms with E-state index in [-0.39, 0.29) is 87.0 Å². The van der Waals surface area contributed by atoms with Gasteiger partial charge in [-0.3, -0.25) is 62.3 Å². The smallest absolute Gasteiger partial charge is 0.305 e. The van der Waals surface area contributed by atoms with Gasteiger partial charge < -0.3 is 90.1 Å². The summed E-state index contributed by atoms with van der Waals surface area (Å²) in [5.74, 6) is -11.1. The summed E-state index contributed by atoms with van der Waals surface area (Å²) in [4.78, 5) is 190. The molecule has 3 aromatic rings. The maximum absolute atomic E-state index is 15.2. The second kappa shape index (κ2) is 43.7. The highest BCUT2D eigenvalue weighted by atomic mass is 32.2. The maximum Gasteiger partial charge on any atom is 0.305 e. The number of amides is 12. The van der Waals surface area contributed by atoms with Crippen molar-refractivity contribution in [2.24, 2.45) is 29.0 Å². The molecule has 4 heterocycles. The minimum Gasteiger partial charge on any atom is -0.494 e. The SMILES string of the molecule is CCCC[C@@H]1NC(=O)[C@@H]2CCCN2C(=O)[C@@H]2CSCc3cc(cc(c3)OCCCCCCC(=O)NCC(=O)N[C@@H](CCCCN)C(=O)N2)CSC[C@@H](C(N)=O)NC(=O)[C@H](CCCCN)NC(=O)C(C(C)C)NC(=O)[C@H](Cc2c[nH]c3ccccc23)NC(=O)[C@H]([C@@H](C)CC)NC(=O)[C@H](CC(=O)O)NC1=O. The summed E-state index contributed by atoms with van der Waals surface area (Å²) < 4.78 is 6.33. The van der Waals surface area contributed by atoms with Gasteiger partial charge in [0.1, 0.15) is 66.2 Å². The Labute approximate surface area is 616 Å². The minimum atomic E-state index is -1.84. The monoisotopic (exact) mass is 1490 g/mol. The zero-order valence-electron chi connectivity index (χ0n) is 60.5. The Morgan fingerprint density at radius 1 is 0.615 bits per heavy atom. The van der Waals surface area contributed by atoms with Crippen molar-refractivity contribution in [3.05, 3.63) is 65.4 Å². The number of aliphatic carboxylic acids is 1. The number of carboxylic acids is 1. The quantitative estimate of drug-likeness (QED) is 0.0761. The second-order valence-corrected chi connectivity index (χ2v) is 29.4. The number of nitrogens with zero attached hydrogens (tertiary/aromatic N) is 1. The zero-order valence-corrected chi connectivity index (χ0v) is 62.1. The molecule has 18 N–H and O–H groups in total. The third kappa shape index (κ3) is 26.9. The van der Waals surface area contributed by atoms with Gasteiger partial charge in [-0.25, -0.2) is 0 Å². The first-order valence-corrected chi connectivity index (χ1v) is 38.8. The van der Waals surface area contributed by atoms with Crippen molar-refractivity contribution in [2.45, 2.75) is 229 Å². The molecule has 1 fully saturated rings. The van der Waals surface area contributed by atoms with Crippen LogP contribution >= 0.6 is 23.5 Å². The lowest BCUT2D eigenvalue weighted by Gasteiger charge is -2.31. The number of carboxylic acid groups (broad SMARTS) is 1. The Morgan fingerprint density at radius 3 is 1.85 bits per heavy atom. The molecule has 12 amide bonds. The number of ether oxygens (including phenoxy) is 1. The first-order valence-electron chi connectivity index (χ1n) is 36.5. The number of para-hydroxylation sites is 1. The van der Waals surface area contributed by atoms with Crippen LogP contribution in [0.25, 0.3) is 10.9 Å². The van der Waals surface area contributed by atoms with Gasteiger partial charge in [0.2, 0.25) is 70.9 Å². The molecule has 1 aromatic heterocycles. The van der Waals surface area contributed by atoms with E-state index < -0.39 is 156 Å². The zero-order chi connectivity index (χ0) is 75.8. The molecule has 0 spiro atoms. The number of benzene rings is 2. The van der Waals surface area contributed by atoms with Crippen LogP contribution < -0.4 is 75.1 Å². The summed E-state index contributed by atoms with van der Waals surface area (Å²) in [6.07, 6.45) is 6.87. The van der Waals surface area contributed by atoms with Gasteiger partial charge in [0.05, 0.1) is 19.6 Å². The molecular weight excluding hydrogens is 1380 g/mol. The minimum absolute atomic E-state index is 0.00870. The van der Waals surface area contributed by atoms with E-state index in [2.05, 4.69) is 58.2 Å². The summed E-state index contributed by atoms with van der Waals surface area (Å²) >= 11 is 2.57. The molecule has 0 aliphatic carbocycles. The van der Waals surface area contributed by atoms with Gasteiger partial charge >= 0.3 is 5.97 Å². The van der Waals surface area contributed by atoms with Crippen LogP contribution in [0.4, 0.5) is 0 Å². The molecule has 0 radical (unpaired) electrons. The van der Waals surface area contributed by atoms with Gasteiger partial charge in [-0.05, 0) is 130 Å². The number of aromatic amines is 1. The normalized spacial score (nSPS) is 24.9. The Kier molecular flexibility index (Phi) is 35.5. The van der Waals surface area contributed by atoms with E-state index in [1.807, 2.05) is 43.3 Å². The lowest BCUT2D eigenvalue weighted by Crippen LogP contribution is -2.62. The molecule has 0 saturated carbocycles. The van der Waals surface area contributed by atoms with E-state index in [1.54, 1.807) is 40.0 Å². The Balaban J connectivity index is 1.43. The molecule has 104 heavy (non-hydrogen) atoms. The molecule has 11 atom stereocenters. The lowest BCUT2D eigenvalue weighted by atomic mass is 9.96. The molecule has 6 rings (SSSR count). The highest BCUT2D eigenvalue weighted by Gasteiger charge is 2.42. The number of H-pyrrole nitrogens is 1. The van der Waals surface area contributed by atoms with Crippen molar-refractivity contribution in [3.8, 4) is 5.75 Å². The van der Waals surface area contributed by atoms with Crippen LogP contribution in [0.15, 0.2) is 48.7 Å². The number of hydrogen-bond acceptors (Lipinski definition) is 18. The highest BCUT2D eigenvalue weighted by Crippen LogP contribution is 2.28. The number of carbonyl (C=O) groups is 13. The standard InChI is InChI=1S/C72H109N15O15S2/c1-6-8-21-51-65(94)81-54(35-60(90)91)68(97)86-62(43(5)7-2)71(100)82-53(34-46-36-76-49-22-13-12-20-48(46)49)67(96)85-61(42(3)4)70(99)80-52(24-15-17-28-74)66(95)83-55(63(75)92)40-103-38-44-31-45-33-47(32-44)102-30-18-10-9-11-26-58(88)77-37-59(89)78-50(23-14-16-27-73)64(93)84-56(41-104-39-45)72(101)87-29-19-25-57(87)69(98)79-51/h12-13,20,22,31-33,36,42-43,50-57,61-62,76H,6-11,14-19,21,23-30,34-35,37-41,73-74H2,1-5H3,(H2,75,92)(H,77,88)(H,78,89)(H,79,98)(H,80,99)(H,81,94)(H,82,100)(H,83,95)(H,84,93)(H,85,96)(H,86,97)(H,90,91)/t43-,50-,51-,52-,53-,54-,55-,56-,57-,61?,62-/m0/s1. The van der Waals surface area contributed by atoms with Gasteiger partial charge in [0, 0.05) is 59.5 Å². The molecule has 1 unspecified atom stereocenters. The molecule has 2 aromatic carbocycles. The van der Waals surface area contributed by atoms with Crippen molar-refractivity contribution >= 4 is 111 Å². The van der Waals surface area contributed by atoms with Crippen LogP contribution in [-0.2, 0) is 80.3 Å². The second-order valence-electron chi connectivity index (χ2n) is 27.4. The van der Waals surface area contributed by atoms with E-state index in [1.165, 1.54) is 28.4 Å². The van der Waals surface area contributed by atoms with Crippen LogP contribution in [0, 0.1) is 11.8 Å². The molecule has 30 nitrogen and oxygen atoms in total. The number of fused-ring (bicyclic) bond motifs is 7. The van der Waals surface area contributed by atoms with Crippen LogP contribution in [0.2, 0.25) is 0 Å². The number of nitrogens with one attached hydrogen (secondary N) is 11. The van der Waals surface area contributed by atoms with Crippen molar-refractivity contribution in [2.75, 3.05) is 44.3 Å². The van der Waals surface area contributed by atoms with Crippen LogP contribution in [0.1, 0.15) is 167 Å². The maximum atomic E-state index is 15.2. The molecule has 574 valence electrons.